The van der Waals surface area contributed by atoms with Gasteiger partial charge in [0.2, 0.25) is 0 Å². The van der Waals surface area contributed by atoms with Gasteiger partial charge in [0.05, 0.1) is 5.92 Å². The van der Waals surface area contributed by atoms with Crippen LogP contribution in [-0.4, -0.2) is 41.6 Å². The summed E-state index contributed by atoms with van der Waals surface area (Å²) in [7, 11) is 0. The van der Waals surface area contributed by atoms with Gasteiger partial charge in [-0.3, -0.25) is 4.79 Å². The Morgan fingerprint density at radius 1 is 1.14 bits per heavy atom. The molecule has 0 rings (SSSR count). The van der Waals surface area contributed by atoms with Gasteiger partial charge >= 0.3 is 12.0 Å². The average Bonchev–Trinajstić information content (AvgIpc) is 2.43. The van der Waals surface area contributed by atoms with E-state index in [-0.39, 0.29) is 12.6 Å². The average molecular weight is 300 g/mol. The van der Waals surface area contributed by atoms with E-state index >= 15 is 0 Å². The Bertz CT molecular complexity index is 315. The number of hydrogen-bond acceptors (Lipinski definition) is 2. The van der Waals surface area contributed by atoms with Crippen LogP contribution in [0.2, 0.25) is 0 Å². The Morgan fingerprint density at radius 2 is 1.71 bits per heavy atom. The van der Waals surface area contributed by atoms with Crippen molar-refractivity contribution < 1.29 is 14.7 Å². The second kappa shape index (κ2) is 10.5. The number of aliphatic carboxylic acids is 1. The van der Waals surface area contributed by atoms with Gasteiger partial charge in [-0.2, -0.15) is 0 Å². The predicted molar refractivity (Wildman–Crippen MR) is 85.3 cm³/mol. The Balaban J connectivity index is 4.45. The molecule has 2 N–H and O–H groups in total. The highest BCUT2D eigenvalue weighted by Gasteiger charge is 2.21. The van der Waals surface area contributed by atoms with Crippen molar-refractivity contribution in [2.45, 2.75) is 53.9 Å². The molecule has 0 radical (unpaired) electrons. The molecule has 0 saturated carbocycles. The number of carboxylic acid groups (broad SMARTS) is 1. The van der Waals surface area contributed by atoms with Gasteiger partial charge in [-0.15, -0.1) is 0 Å². The van der Waals surface area contributed by atoms with E-state index in [1.807, 2.05) is 20.8 Å². The molecule has 0 saturated heterocycles. The zero-order valence-electron chi connectivity index (χ0n) is 14.2. The molecule has 2 amide bonds. The fourth-order valence-corrected chi connectivity index (χ4v) is 2.38. The van der Waals surface area contributed by atoms with E-state index in [2.05, 4.69) is 19.2 Å². The molecular weight excluding hydrogens is 268 g/mol. The van der Waals surface area contributed by atoms with E-state index in [4.69, 9.17) is 0 Å². The molecule has 1 unspecified atom stereocenters. The summed E-state index contributed by atoms with van der Waals surface area (Å²) in [5.74, 6) is -0.552. The second-order valence-corrected chi connectivity index (χ2v) is 6.07. The molecule has 0 aromatic carbocycles. The summed E-state index contributed by atoms with van der Waals surface area (Å²) in [5, 5.41) is 12.0. The summed E-state index contributed by atoms with van der Waals surface area (Å²) < 4.78 is 0. The Labute approximate surface area is 129 Å². The Kier molecular flexibility index (Phi) is 9.84. The molecule has 5 nitrogen and oxygen atoms in total. The van der Waals surface area contributed by atoms with Crippen molar-refractivity contribution in [1.29, 1.82) is 0 Å². The van der Waals surface area contributed by atoms with Gasteiger partial charge in [-0.05, 0) is 25.2 Å². The van der Waals surface area contributed by atoms with Gasteiger partial charge in [0.15, 0.2) is 0 Å². The minimum atomic E-state index is -0.841. The third-order valence-corrected chi connectivity index (χ3v) is 3.91. The zero-order chi connectivity index (χ0) is 16.4. The maximum absolute atomic E-state index is 12.2. The van der Waals surface area contributed by atoms with E-state index in [1.54, 1.807) is 4.90 Å². The molecule has 0 aliphatic rings. The number of hydrogen-bond donors (Lipinski definition) is 2. The maximum atomic E-state index is 12.2. The van der Waals surface area contributed by atoms with Gasteiger partial charge in [-0.1, -0.05) is 40.5 Å². The van der Waals surface area contributed by atoms with Crippen LogP contribution >= 0.6 is 0 Å². The lowest BCUT2D eigenvalue weighted by molar-refractivity contribution is -0.142. The summed E-state index contributed by atoms with van der Waals surface area (Å²) in [6, 6.07) is -0.153. The molecule has 21 heavy (non-hydrogen) atoms. The molecule has 0 spiro atoms. The van der Waals surface area contributed by atoms with Crippen LogP contribution in [0.5, 0.6) is 0 Å². The van der Waals surface area contributed by atoms with Crippen molar-refractivity contribution in [3.05, 3.63) is 0 Å². The molecular formula is C16H32N2O3. The topological polar surface area (TPSA) is 69.6 Å². The summed E-state index contributed by atoms with van der Waals surface area (Å²) in [6.45, 7) is 11.8. The summed E-state index contributed by atoms with van der Waals surface area (Å²) in [5.41, 5.74) is 0. The van der Waals surface area contributed by atoms with Crippen LogP contribution in [0.15, 0.2) is 0 Å². The Morgan fingerprint density at radius 3 is 2.10 bits per heavy atom. The number of carboxylic acids is 1. The highest BCUT2D eigenvalue weighted by Crippen LogP contribution is 2.12. The zero-order valence-corrected chi connectivity index (χ0v) is 14.2. The second-order valence-electron chi connectivity index (χ2n) is 6.07. The van der Waals surface area contributed by atoms with Crippen LogP contribution in [0, 0.1) is 17.8 Å². The lowest BCUT2D eigenvalue weighted by Gasteiger charge is -2.26. The monoisotopic (exact) mass is 300 g/mol. The van der Waals surface area contributed by atoms with Crippen molar-refractivity contribution in [3.63, 3.8) is 0 Å². The van der Waals surface area contributed by atoms with Crippen LogP contribution < -0.4 is 5.32 Å². The fourth-order valence-electron chi connectivity index (χ4n) is 2.38. The lowest BCUT2D eigenvalue weighted by Crippen LogP contribution is -2.44. The first kappa shape index (κ1) is 19.7. The molecule has 0 aromatic rings. The van der Waals surface area contributed by atoms with E-state index in [0.29, 0.717) is 24.8 Å². The SMILES string of the molecule is CCC(CC)CN(CC)C(=O)NCC(CC(C)C)C(=O)O. The van der Waals surface area contributed by atoms with Gasteiger partial charge in [0, 0.05) is 19.6 Å². The van der Waals surface area contributed by atoms with Gasteiger partial charge in [-0.25, -0.2) is 4.79 Å². The molecule has 0 fully saturated rings. The Hall–Kier alpha value is -1.26. The summed E-state index contributed by atoms with van der Waals surface area (Å²) in [4.78, 5) is 25.1. The van der Waals surface area contributed by atoms with E-state index in [0.717, 1.165) is 19.4 Å². The number of urea groups is 1. The van der Waals surface area contributed by atoms with Gasteiger partial charge in [0.1, 0.15) is 0 Å². The van der Waals surface area contributed by atoms with Crippen molar-refractivity contribution in [3.8, 4) is 0 Å². The number of carbonyl (C=O) groups excluding carboxylic acids is 1. The van der Waals surface area contributed by atoms with Crippen LogP contribution in [0.1, 0.15) is 53.9 Å². The highest BCUT2D eigenvalue weighted by molar-refractivity contribution is 5.76. The van der Waals surface area contributed by atoms with Crippen molar-refractivity contribution in [2.75, 3.05) is 19.6 Å². The summed E-state index contributed by atoms with van der Waals surface area (Å²) in [6.07, 6.45) is 2.67. The molecule has 5 heteroatoms. The predicted octanol–water partition coefficient (Wildman–Crippen LogP) is 3.20. The van der Waals surface area contributed by atoms with Crippen LogP contribution in [0.3, 0.4) is 0 Å². The lowest BCUT2D eigenvalue weighted by atomic mass is 9.97. The van der Waals surface area contributed by atoms with Crippen LogP contribution in [0.25, 0.3) is 0 Å². The first-order chi connectivity index (χ1) is 9.85. The fraction of sp³-hybridized carbons (Fsp3) is 0.875. The van der Waals surface area contributed by atoms with Crippen molar-refractivity contribution in [1.82, 2.24) is 10.2 Å². The first-order valence-electron chi connectivity index (χ1n) is 8.11. The normalized spacial score (nSPS) is 12.5. The smallest absolute Gasteiger partial charge is 0.317 e. The molecule has 0 aliphatic heterocycles. The largest absolute Gasteiger partial charge is 0.481 e. The number of amides is 2. The van der Waals surface area contributed by atoms with Crippen LogP contribution in [-0.2, 0) is 4.79 Å². The van der Waals surface area contributed by atoms with Gasteiger partial charge in [0.25, 0.3) is 0 Å². The van der Waals surface area contributed by atoms with Crippen molar-refractivity contribution >= 4 is 12.0 Å². The third-order valence-electron chi connectivity index (χ3n) is 3.91. The minimum absolute atomic E-state index is 0.153. The maximum Gasteiger partial charge on any atom is 0.317 e. The van der Waals surface area contributed by atoms with E-state index in [9.17, 15) is 14.7 Å². The molecule has 1 atom stereocenters. The minimum Gasteiger partial charge on any atom is -0.481 e. The molecule has 0 aliphatic carbocycles. The first-order valence-corrected chi connectivity index (χ1v) is 8.11. The third kappa shape index (κ3) is 7.93. The van der Waals surface area contributed by atoms with Gasteiger partial charge < -0.3 is 15.3 Å². The van der Waals surface area contributed by atoms with E-state index < -0.39 is 11.9 Å². The molecule has 0 heterocycles. The quantitative estimate of drug-likeness (QED) is 0.651. The number of nitrogens with one attached hydrogen (secondary N) is 1. The molecule has 0 bridgehead atoms. The van der Waals surface area contributed by atoms with E-state index in [1.165, 1.54) is 0 Å². The molecule has 0 aromatic heterocycles. The van der Waals surface area contributed by atoms with Crippen molar-refractivity contribution in [2.24, 2.45) is 17.8 Å². The number of rotatable bonds is 10. The summed E-state index contributed by atoms with van der Waals surface area (Å²) >= 11 is 0. The standard InChI is InChI=1S/C16H32N2O3/c1-6-13(7-2)11-18(8-3)16(21)17-10-14(15(19)20)9-12(4)5/h12-14H,6-11H2,1-5H3,(H,17,21)(H,19,20). The highest BCUT2D eigenvalue weighted by atomic mass is 16.4. The molecule has 124 valence electrons. The number of nitrogens with zero attached hydrogens (tertiary/aromatic N) is 1. The van der Waals surface area contributed by atoms with Crippen LogP contribution in [0.4, 0.5) is 4.79 Å². The number of carbonyl (C=O) groups is 2.